The molecule has 0 saturated carbocycles. The number of hydrogen-bond acceptors (Lipinski definition) is 32. The van der Waals surface area contributed by atoms with Crippen molar-refractivity contribution in [1.82, 2.24) is 70.8 Å². The second kappa shape index (κ2) is 76.5. The molecule has 0 spiro atoms. The third-order valence-corrected chi connectivity index (χ3v) is 23.3. The van der Waals surface area contributed by atoms with E-state index in [1.807, 2.05) is 106 Å². The maximum atomic E-state index is 11.0. The molecule has 12 N–H and O–H groups in total. The predicted molar refractivity (Wildman–Crippen MR) is 500 cm³/mol. The first-order valence-corrected chi connectivity index (χ1v) is 57.5. The third-order valence-electron chi connectivity index (χ3n) is 11.7. The summed E-state index contributed by atoms with van der Waals surface area (Å²) in [6, 6.07) is 0. The van der Waals surface area contributed by atoms with Gasteiger partial charge in [-0.05, 0) is 83.0 Å². The molecule has 0 aromatic carbocycles. The molecule has 758 valence electrons. The van der Waals surface area contributed by atoms with Crippen LogP contribution in [-0.4, -0.2) is 262 Å². The van der Waals surface area contributed by atoms with E-state index in [1.54, 1.807) is 55.4 Å². The van der Waals surface area contributed by atoms with Crippen LogP contribution in [-0.2, 0) is 145 Å². The smallest absolute Gasteiger partial charge is 0.328 e. The Hall–Kier alpha value is -6.06. The molecule has 0 radical (unpaired) electrons. The van der Waals surface area contributed by atoms with Crippen LogP contribution in [0.4, 0.5) is 0 Å². The Labute approximate surface area is 763 Å². The zero-order chi connectivity index (χ0) is 104. The van der Waals surface area contributed by atoms with E-state index < -0.39 is 125 Å². The van der Waals surface area contributed by atoms with Crippen LogP contribution in [0.25, 0.3) is 0 Å². The number of nitrogens with one attached hydrogen (secondary N) is 8. The number of imide groups is 2. The number of aromatic nitrogens is 8. The zero-order valence-corrected chi connectivity index (χ0v) is 90.0. The first-order chi connectivity index (χ1) is 56.3. The number of sulfone groups is 3. The molecular formula is C73H158N14O30P2S8. The molecule has 0 aliphatic heterocycles. The van der Waals surface area contributed by atoms with E-state index in [2.05, 4.69) is 75.2 Å². The van der Waals surface area contributed by atoms with Gasteiger partial charge in [-0.25, -0.2) is 50.5 Å². The summed E-state index contributed by atoms with van der Waals surface area (Å²) in [5.74, 6) is 0.471. The number of rotatable bonds is 29. The molecule has 2 aromatic heterocycles. The first kappa shape index (κ1) is 147. The van der Waals surface area contributed by atoms with Crippen LogP contribution in [0.1, 0.15) is 258 Å². The number of nitrogens with zero attached hydrogens (tertiary/aromatic N) is 6. The standard InChI is InChI=1S/C7H13NO2.C7H14O3S.C6H13NO3S.C6H13NO2S.C6H11NO2.C6H12O3S.C5H10N4.C5H11NO3S.C5H11NO2S.C5H13O2P.C5H12O2S.C4H8N4.C3H9O3P.C3H8O3S/c1-5(2)4-7(10)8-6(3)9;1-6(2)4-11(9,10)5-7(3)8;1-5(2)4-6(8)7-11(3,9)10;1-5(2)4-6(8)7-10(3)9;1-4(2)6(9)7-5(3)8;1-5(2)10(8,9)4-6(3)7;1-4(2)3-5-6-8-9-7-5;1-4(2)5(7)6-10(3,8)9;1-4(2)5(7)6-9(3)8;2*1-5(2)4-8(3,6)7;1-3(2)4-5-7-8-6-4;2*1-3(2)7(4,5)6/h5H,4H2,1-3H3,(H,8,9,10);6H,4-5H2,1-3H3;5H,4H2,1-3H3,(H,7,8);5H,4H2,1-3H3,(H,7,8);4H,1-3H3,(H,7,8,9);5H,4H2,1-3H3;4H,3H2,1-2H3,(H,6,7,8,9);4H,1-3H3,(H,6,7);4H,1-3H3,(H,6,7);5H,4H2,1-3H3,(H,6,7);5H,4H2,1-3H3;3H,1-2H3,(H,5,6,7,8);3H,1-2H3,(H2,4,5,6);3H,1-2H3,(H,4,5,6). The number of sulfonamides is 2. The average Bonchev–Trinajstić information content (AvgIpc) is 1.59. The van der Waals surface area contributed by atoms with Gasteiger partial charge in [0.2, 0.25) is 67.3 Å². The number of tetrazole rings is 2. The maximum absolute atomic E-state index is 11.0. The maximum Gasteiger partial charge on any atom is 0.328 e. The molecule has 2 rings (SSSR count). The van der Waals surface area contributed by atoms with Crippen molar-refractivity contribution in [3.05, 3.63) is 11.6 Å². The Morgan fingerprint density at radius 1 is 0.433 bits per heavy atom. The summed E-state index contributed by atoms with van der Waals surface area (Å²) in [5, 5.41) is 30.0. The molecule has 127 heavy (non-hydrogen) atoms. The highest BCUT2D eigenvalue weighted by Crippen LogP contribution is 2.40. The summed E-state index contributed by atoms with van der Waals surface area (Å²) in [7, 11) is -28.4. The Balaban J connectivity index is -0.000000112. The summed E-state index contributed by atoms with van der Waals surface area (Å²) in [4.78, 5) is 131. The number of aromatic amines is 2. The number of ketones is 2. The topological polar surface area (TPSA) is 706 Å². The van der Waals surface area contributed by atoms with Crippen molar-refractivity contribution in [2.45, 2.75) is 269 Å². The van der Waals surface area contributed by atoms with Crippen LogP contribution in [0, 0.1) is 59.2 Å². The summed E-state index contributed by atoms with van der Waals surface area (Å²) < 4.78 is 184. The first-order valence-electron chi connectivity index (χ1n) is 39.5. The monoisotopic (exact) mass is 2030 g/mol. The van der Waals surface area contributed by atoms with E-state index in [9.17, 15) is 116 Å². The van der Waals surface area contributed by atoms with Crippen LogP contribution in [0.15, 0.2) is 0 Å². The zero-order valence-electron chi connectivity index (χ0n) is 81.7. The molecule has 0 fully saturated rings. The van der Waals surface area contributed by atoms with Crippen molar-refractivity contribution < 1.29 is 135 Å². The number of carbonyl (C=O) groups is 10. The highest BCUT2D eigenvalue weighted by molar-refractivity contribution is 7.93. The van der Waals surface area contributed by atoms with Gasteiger partial charge >= 0.3 is 7.60 Å². The molecular weight excluding hydrogens is 1870 g/mol. The van der Waals surface area contributed by atoms with Gasteiger partial charge in [0.1, 0.15) is 54.9 Å². The fourth-order valence-corrected chi connectivity index (χ4v) is 13.6. The van der Waals surface area contributed by atoms with Gasteiger partial charge in [0.15, 0.2) is 38.7 Å². The van der Waals surface area contributed by atoms with Gasteiger partial charge in [0, 0.05) is 94.8 Å². The Morgan fingerprint density at radius 3 is 0.953 bits per heavy atom. The quantitative estimate of drug-likeness (QED) is 0.0320. The number of Topliss-reactive ketones (excluding diaryl/α,β-unsaturated/α-hetero) is 2. The predicted octanol–water partition coefficient (Wildman–Crippen LogP) is 6.17. The van der Waals surface area contributed by atoms with Crippen LogP contribution in [0.3, 0.4) is 0 Å². The van der Waals surface area contributed by atoms with Crippen LogP contribution in [0.5, 0.6) is 0 Å². The summed E-state index contributed by atoms with van der Waals surface area (Å²) in [6.07, 6.45) is 8.49. The summed E-state index contributed by atoms with van der Waals surface area (Å²) in [5.41, 5.74) is -0.535. The molecule has 0 aliphatic rings. The summed E-state index contributed by atoms with van der Waals surface area (Å²) in [6.45, 7) is 56.8. The Bertz CT molecular complexity index is 4220. The minimum Gasteiger partial charge on any atom is -0.344 e. The minimum absolute atomic E-state index is 0.0890. The molecule has 0 bridgehead atoms. The van der Waals surface area contributed by atoms with E-state index in [1.165, 1.54) is 80.8 Å². The molecule has 2 aromatic rings. The number of hydrogen-bond donors (Lipinski definition) is 12. The van der Waals surface area contributed by atoms with Crippen molar-refractivity contribution in [3.63, 3.8) is 0 Å². The van der Waals surface area contributed by atoms with Gasteiger partial charge in [-0.1, -0.05) is 177 Å². The number of amides is 8. The lowest BCUT2D eigenvalue weighted by Crippen LogP contribution is -2.32. The van der Waals surface area contributed by atoms with Crippen LogP contribution >= 0.6 is 15.0 Å². The fourth-order valence-electron chi connectivity index (χ4n) is 6.35. The van der Waals surface area contributed by atoms with Gasteiger partial charge in [-0.15, -0.1) is 20.4 Å². The van der Waals surface area contributed by atoms with Crippen LogP contribution in [0.2, 0.25) is 0 Å². The Kier molecular flexibility index (Phi) is 88.3. The van der Waals surface area contributed by atoms with Gasteiger partial charge in [-0.3, -0.25) is 91.2 Å². The van der Waals surface area contributed by atoms with Crippen molar-refractivity contribution >= 4 is 155 Å². The van der Waals surface area contributed by atoms with E-state index in [-0.39, 0.29) is 106 Å². The largest absolute Gasteiger partial charge is 0.344 e. The highest BCUT2D eigenvalue weighted by Gasteiger charge is 2.20. The van der Waals surface area contributed by atoms with E-state index in [4.69, 9.17) is 19.2 Å². The van der Waals surface area contributed by atoms with E-state index in [0.717, 1.165) is 30.6 Å². The normalized spacial score (nSPS) is 12.1. The lowest BCUT2D eigenvalue weighted by atomic mass is 10.1. The van der Waals surface area contributed by atoms with E-state index >= 15 is 0 Å². The molecule has 44 nitrogen and oxygen atoms in total. The van der Waals surface area contributed by atoms with Gasteiger partial charge in [0.25, 0.3) is 10.1 Å². The molecule has 0 aliphatic carbocycles. The lowest BCUT2D eigenvalue weighted by molar-refractivity contribution is -0.132. The molecule has 2 heterocycles. The molecule has 3 atom stereocenters. The van der Waals surface area contributed by atoms with E-state index in [0.29, 0.717) is 54.3 Å². The molecule has 54 heteroatoms. The summed E-state index contributed by atoms with van der Waals surface area (Å²) >= 11 is 0. The minimum atomic E-state index is -3.74. The number of carbonyl (C=O) groups excluding carboxylic acids is 10. The lowest BCUT2D eigenvalue weighted by Gasteiger charge is -2.06. The van der Waals surface area contributed by atoms with Crippen molar-refractivity contribution in [2.75, 3.05) is 67.1 Å². The highest BCUT2D eigenvalue weighted by atomic mass is 32.2. The van der Waals surface area contributed by atoms with Crippen LogP contribution < -0.4 is 29.5 Å². The van der Waals surface area contributed by atoms with Gasteiger partial charge < -0.3 is 14.7 Å². The van der Waals surface area contributed by atoms with Gasteiger partial charge in [-0.2, -0.15) is 18.8 Å². The second-order valence-electron chi connectivity index (χ2n) is 33.3. The molecule has 0 saturated heterocycles. The number of H-pyrrole nitrogens is 2. The Morgan fingerprint density at radius 2 is 0.780 bits per heavy atom. The second-order valence-corrected chi connectivity index (χ2v) is 52.5. The van der Waals surface area contributed by atoms with Crippen molar-refractivity contribution in [2.24, 2.45) is 59.2 Å². The SMILES string of the molecule is CC(=O)CS(=O)(=O)C(C)C.CC(=O)CS(=O)(=O)CC(C)C.CC(=O)NC(=O)C(C)C.CC(=O)NC(=O)CC(C)C.CC(C)C(=O)NS(C)(=O)=O.CC(C)C(=O)NS(C)=O.CC(C)CC(=O)NS(C)(=O)=O.CC(C)CC(=O)NS(C)=O.CC(C)CP(C)(=O)O.CC(C)CS(C)(=O)=O.CC(C)Cc1nn[nH]n1.CC(C)P(=O)(O)O.CC(C)S(=O)(=O)O.CC(C)c1nn[nH]n1. The van der Waals surface area contributed by atoms with Crippen molar-refractivity contribution in [1.29, 1.82) is 0 Å². The fraction of sp³-hybridized carbons (Fsp3) is 0.836. The third kappa shape index (κ3) is 141. The molecule has 3 unspecified atom stereocenters. The molecule has 8 amide bonds. The van der Waals surface area contributed by atoms with Gasteiger partial charge in [0.05, 0.1) is 40.2 Å². The van der Waals surface area contributed by atoms with Crippen molar-refractivity contribution in [3.8, 4) is 0 Å². The average molecular weight is 2030 g/mol.